The lowest BCUT2D eigenvalue weighted by Gasteiger charge is -2.22. The molecule has 94 valence electrons. The van der Waals surface area contributed by atoms with Gasteiger partial charge in [0.25, 0.3) is 5.91 Å². The van der Waals surface area contributed by atoms with Crippen LogP contribution < -0.4 is 5.32 Å². The van der Waals surface area contributed by atoms with Crippen molar-refractivity contribution in [2.45, 2.75) is 18.9 Å². The molecule has 1 amide bonds. The number of amides is 1. The number of nitrogens with one attached hydrogen (secondary N) is 2. The minimum atomic E-state index is -2.99. The van der Waals surface area contributed by atoms with Gasteiger partial charge in [-0.3, -0.25) is 4.79 Å². The zero-order valence-corrected chi connectivity index (χ0v) is 11.5. The Morgan fingerprint density at radius 2 is 2.29 bits per heavy atom. The summed E-state index contributed by atoms with van der Waals surface area (Å²) in [5.41, 5.74) is 0.430. The molecule has 7 heteroatoms. The van der Waals surface area contributed by atoms with Crippen LogP contribution in [0.4, 0.5) is 0 Å². The lowest BCUT2D eigenvalue weighted by Crippen LogP contribution is -2.43. The molecule has 1 fully saturated rings. The fourth-order valence-corrected chi connectivity index (χ4v) is 3.88. The molecule has 2 rings (SSSR count). The van der Waals surface area contributed by atoms with Crippen LogP contribution in [0.25, 0.3) is 0 Å². The third-order valence-electron chi connectivity index (χ3n) is 2.69. The quantitative estimate of drug-likeness (QED) is 0.856. The van der Waals surface area contributed by atoms with Crippen molar-refractivity contribution in [3.63, 3.8) is 0 Å². The number of hydrogen-bond donors (Lipinski definition) is 2. The van der Waals surface area contributed by atoms with Crippen LogP contribution in [0.1, 0.15) is 23.3 Å². The zero-order valence-electron chi connectivity index (χ0n) is 9.07. The molecule has 1 atom stereocenters. The standard InChI is InChI=1S/C10H13BrN2O3S/c11-7-4-9(12-5-7)10(14)13-8-2-1-3-17(15,16)6-8/h4-5,8,12H,1-3,6H2,(H,13,14). The zero-order chi connectivity index (χ0) is 12.5. The average Bonchev–Trinajstić information content (AvgIpc) is 2.63. The molecule has 1 unspecified atom stereocenters. The molecule has 2 N–H and O–H groups in total. The first-order chi connectivity index (χ1) is 7.96. The first kappa shape index (κ1) is 12.6. The Kier molecular flexibility index (Phi) is 3.58. The van der Waals surface area contributed by atoms with Gasteiger partial charge in [-0.25, -0.2) is 8.42 Å². The second kappa shape index (κ2) is 4.81. The minimum Gasteiger partial charge on any atom is -0.356 e. The number of sulfone groups is 1. The third kappa shape index (κ3) is 3.32. The van der Waals surface area contributed by atoms with Crippen LogP contribution in [0.2, 0.25) is 0 Å². The second-order valence-corrected chi connectivity index (χ2v) is 7.30. The average molecular weight is 321 g/mol. The summed E-state index contributed by atoms with van der Waals surface area (Å²) >= 11 is 3.24. The maximum absolute atomic E-state index is 11.8. The van der Waals surface area contributed by atoms with Gasteiger partial charge in [0.15, 0.2) is 9.84 Å². The Morgan fingerprint density at radius 3 is 2.88 bits per heavy atom. The first-order valence-corrected chi connectivity index (χ1v) is 7.93. The third-order valence-corrected chi connectivity index (χ3v) is 4.97. The van der Waals surface area contributed by atoms with E-state index in [0.29, 0.717) is 18.5 Å². The normalized spacial score (nSPS) is 23.2. The molecule has 1 aliphatic rings. The number of carbonyl (C=O) groups is 1. The maximum atomic E-state index is 11.8. The molecule has 0 bridgehead atoms. The molecule has 0 aliphatic carbocycles. The molecule has 0 radical (unpaired) electrons. The van der Waals surface area contributed by atoms with E-state index in [1.807, 2.05) is 0 Å². The van der Waals surface area contributed by atoms with Gasteiger partial charge in [0.1, 0.15) is 5.69 Å². The summed E-state index contributed by atoms with van der Waals surface area (Å²) in [5.74, 6) is 0.00594. The lowest BCUT2D eigenvalue weighted by molar-refractivity contribution is 0.0934. The monoisotopic (exact) mass is 320 g/mol. The van der Waals surface area contributed by atoms with Crippen LogP contribution in [0.5, 0.6) is 0 Å². The van der Waals surface area contributed by atoms with E-state index in [1.54, 1.807) is 12.3 Å². The molecule has 2 heterocycles. The van der Waals surface area contributed by atoms with Crippen LogP contribution in [0.15, 0.2) is 16.7 Å². The molecule has 0 spiro atoms. The van der Waals surface area contributed by atoms with Crippen LogP contribution in [0, 0.1) is 0 Å². The summed E-state index contributed by atoms with van der Waals surface area (Å²) in [7, 11) is -2.99. The van der Waals surface area contributed by atoms with Crippen molar-refractivity contribution >= 4 is 31.7 Å². The highest BCUT2D eigenvalue weighted by atomic mass is 79.9. The van der Waals surface area contributed by atoms with Crippen LogP contribution in [-0.4, -0.2) is 36.9 Å². The van der Waals surface area contributed by atoms with E-state index in [1.165, 1.54) is 0 Å². The van der Waals surface area contributed by atoms with Gasteiger partial charge < -0.3 is 10.3 Å². The van der Waals surface area contributed by atoms with Crippen LogP contribution >= 0.6 is 15.9 Å². The summed E-state index contributed by atoms with van der Waals surface area (Å²) in [5, 5.41) is 2.73. The Balaban J connectivity index is 1.99. The Morgan fingerprint density at radius 1 is 1.53 bits per heavy atom. The molecule has 5 nitrogen and oxygen atoms in total. The molecule has 0 saturated carbocycles. The SMILES string of the molecule is O=C(NC1CCCS(=O)(=O)C1)c1cc(Br)c[nH]1. The molecular weight excluding hydrogens is 308 g/mol. The van der Waals surface area contributed by atoms with Gasteiger partial charge in [-0.15, -0.1) is 0 Å². The molecule has 0 aromatic carbocycles. The van der Waals surface area contributed by atoms with Gasteiger partial charge in [-0.1, -0.05) is 0 Å². The van der Waals surface area contributed by atoms with Gasteiger partial charge in [-0.2, -0.15) is 0 Å². The van der Waals surface area contributed by atoms with Gasteiger partial charge in [0.2, 0.25) is 0 Å². The fourth-order valence-electron chi connectivity index (χ4n) is 1.90. The highest BCUT2D eigenvalue weighted by Crippen LogP contribution is 2.14. The molecular formula is C10H13BrN2O3S. The van der Waals surface area contributed by atoms with E-state index in [4.69, 9.17) is 0 Å². The predicted molar refractivity (Wildman–Crippen MR) is 67.6 cm³/mol. The van der Waals surface area contributed by atoms with Gasteiger partial charge >= 0.3 is 0 Å². The highest BCUT2D eigenvalue weighted by Gasteiger charge is 2.26. The van der Waals surface area contributed by atoms with Gasteiger partial charge in [0, 0.05) is 16.7 Å². The van der Waals surface area contributed by atoms with E-state index in [9.17, 15) is 13.2 Å². The Hall–Kier alpha value is -0.820. The molecule has 17 heavy (non-hydrogen) atoms. The van der Waals surface area contributed by atoms with Crippen LogP contribution in [0.3, 0.4) is 0 Å². The maximum Gasteiger partial charge on any atom is 0.267 e. The van der Waals surface area contributed by atoms with Crippen molar-refractivity contribution in [3.8, 4) is 0 Å². The van der Waals surface area contributed by atoms with Crippen LogP contribution in [-0.2, 0) is 9.84 Å². The highest BCUT2D eigenvalue weighted by molar-refractivity contribution is 9.10. The van der Waals surface area contributed by atoms with Crippen molar-refractivity contribution in [1.29, 1.82) is 0 Å². The van der Waals surface area contributed by atoms with E-state index in [2.05, 4.69) is 26.2 Å². The first-order valence-electron chi connectivity index (χ1n) is 5.31. The summed E-state index contributed by atoms with van der Waals surface area (Å²) in [4.78, 5) is 14.6. The van der Waals surface area contributed by atoms with E-state index in [-0.39, 0.29) is 23.5 Å². The summed E-state index contributed by atoms with van der Waals surface area (Å²) < 4.78 is 23.6. The Bertz CT molecular complexity index is 523. The number of aromatic nitrogens is 1. The number of aromatic amines is 1. The number of carbonyl (C=O) groups excluding carboxylic acids is 1. The largest absolute Gasteiger partial charge is 0.356 e. The van der Waals surface area contributed by atoms with E-state index in [0.717, 1.165) is 4.47 Å². The summed E-state index contributed by atoms with van der Waals surface area (Å²) in [6.45, 7) is 0. The second-order valence-electron chi connectivity index (χ2n) is 4.16. The lowest BCUT2D eigenvalue weighted by atomic mass is 10.2. The number of hydrogen-bond acceptors (Lipinski definition) is 3. The van der Waals surface area contributed by atoms with Crippen molar-refractivity contribution in [2.75, 3.05) is 11.5 Å². The molecule has 1 saturated heterocycles. The van der Waals surface area contributed by atoms with Gasteiger partial charge in [-0.05, 0) is 34.8 Å². The molecule has 1 aliphatic heterocycles. The summed E-state index contributed by atoms with van der Waals surface area (Å²) in [6.07, 6.45) is 2.99. The van der Waals surface area contributed by atoms with E-state index >= 15 is 0 Å². The topological polar surface area (TPSA) is 79.0 Å². The van der Waals surface area contributed by atoms with Crippen molar-refractivity contribution in [2.24, 2.45) is 0 Å². The van der Waals surface area contributed by atoms with Crippen molar-refractivity contribution < 1.29 is 13.2 Å². The minimum absolute atomic E-state index is 0.0423. The number of rotatable bonds is 2. The molecule has 1 aromatic heterocycles. The smallest absolute Gasteiger partial charge is 0.267 e. The van der Waals surface area contributed by atoms with Crippen molar-refractivity contribution in [3.05, 3.63) is 22.4 Å². The Labute approximate surface area is 108 Å². The predicted octanol–water partition coefficient (Wildman–Crippen LogP) is 1.08. The summed E-state index contributed by atoms with van der Waals surface area (Å²) in [6, 6.07) is 1.38. The van der Waals surface area contributed by atoms with Gasteiger partial charge in [0.05, 0.1) is 11.5 Å². The van der Waals surface area contributed by atoms with Crippen molar-refractivity contribution in [1.82, 2.24) is 10.3 Å². The number of halogens is 1. The number of H-pyrrole nitrogens is 1. The molecule has 1 aromatic rings. The fraction of sp³-hybridized carbons (Fsp3) is 0.500. The van der Waals surface area contributed by atoms with E-state index < -0.39 is 9.84 Å².